The Hall–Kier alpha value is -1.81. The number of hydrogen-bond donors (Lipinski definition) is 2. The first kappa shape index (κ1) is 9.73. The molecule has 0 fully saturated rings. The van der Waals surface area contributed by atoms with Crippen molar-refractivity contribution in [2.45, 2.75) is 13.5 Å². The van der Waals surface area contributed by atoms with Crippen LogP contribution in [0.2, 0.25) is 0 Å². The number of para-hydroxylation sites is 1. The summed E-state index contributed by atoms with van der Waals surface area (Å²) < 4.78 is 1.32. The van der Waals surface area contributed by atoms with E-state index in [2.05, 4.69) is 0 Å². The van der Waals surface area contributed by atoms with Crippen molar-refractivity contribution >= 4 is 16.8 Å². The highest BCUT2D eigenvalue weighted by molar-refractivity contribution is 5.96. The van der Waals surface area contributed by atoms with Gasteiger partial charge in [0.15, 0.2) is 0 Å². The zero-order valence-electron chi connectivity index (χ0n) is 8.27. The fraction of sp³-hybridized carbons (Fsp3) is 0.182. The summed E-state index contributed by atoms with van der Waals surface area (Å²) in [5.74, 6) is -0.251. The molecule has 0 unspecified atom stereocenters. The van der Waals surface area contributed by atoms with Crippen LogP contribution in [0.15, 0.2) is 24.3 Å². The Bertz CT molecular complexity index is 528. The summed E-state index contributed by atoms with van der Waals surface area (Å²) in [4.78, 5) is 11.4. The third kappa shape index (κ3) is 1.30. The van der Waals surface area contributed by atoms with Crippen molar-refractivity contribution < 1.29 is 15.0 Å². The second-order valence-electron chi connectivity index (χ2n) is 3.32. The fourth-order valence-corrected chi connectivity index (χ4v) is 1.78. The third-order valence-electron chi connectivity index (χ3n) is 2.41. The molecule has 2 rings (SSSR count). The Morgan fingerprint density at radius 1 is 1.40 bits per heavy atom. The lowest BCUT2D eigenvalue weighted by atomic mass is 10.2. The van der Waals surface area contributed by atoms with E-state index in [1.54, 1.807) is 24.3 Å². The quantitative estimate of drug-likeness (QED) is 0.741. The van der Waals surface area contributed by atoms with Gasteiger partial charge in [-0.3, -0.25) is 9.36 Å². The van der Waals surface area contributed by atoms with Gasteiger partial charge >= 0.3 is 0 Å². The minimum atomic E-state index is -0.361. The van der Waals surface area contributed by atoms with E-state index in [-0.39, 0.29) is 24.0 Å². The van der Waals surface area contributed by atoms with Gasteiger partial charge in [0, 0.05) is 12.3 Å². The molecule has 0 atom stereocenters. The second kappa shape index (κ2) is 3.40. The third-order valence-corrected chi connectivity index (χ3v) is 2.41. The highest BCUT2D eigenvalue weighted by Gasteiger charge is 2.17. The van der Waals surface area contributed by atoms with Crippen LogP contribution in [0.25, 0.3) is 10.9 Å². The fourth-order valence-electron chi connectivity index (χ4n) is 1.78. The summed E-state index contributed by atoms with van der Waals surface area (Å²) in [6, 6.07) is 6.99. The van der Waals surface area contributed by atoms with Gasteiger partial charge in [-0.05, 0) is 12.1 Å². The van der Waals surface area contributed by atoms with Gasteiger partial charge < -0.3 is 10.2 Å². The SMILES string of the molecule is CC(=O)n1c(CO)c(O)c2ccccc21. The largest absolute Gasteiger partial charge is 0.505 e. The number of hydrogen-bond acceptors (Lipinski definition) is 3. The molecule has 0 amide bonds. The van der Waals surface area contributed by atoms with Crippen LogP contribution in [-0.4, -0.2) is 20.7 Å². The molecule has 1 heterocycles. The lowest BCUT2D eigenvalue weighted by molar-refractivity contribution is 0.0931. The lowest BCUT2D eigenvalue weighted by Gasteiger charge is -2.02. The standard InChI is InChI=1S/C11H11NO3/c1-7(14)12-9-5-3-2-4-8(9)11(15)10(12)6-13/h2-5,13,15H,6H2,1H3. The number of aromatic hydroxyl groups is 1. The molecule has 2 N–H and O–H groups in total. The van der Waals surface area contributed by atoms with Crippen molar-refractivity contribution in [3.8, 4) is 5.75 Å². The van der Waals surface area contributed by atoms with Crippen LogP contribution >= 0.6 is 0 Å². The number of nitrogens with zero attached hydrogens (tertiary/aromatic N) is 1. The summed E-state index contributed by atoms with van der Waals surface area (Å²) >= 11 is 0. The van der Waals surface area contributed by atoms with Crippen molar-refractivity contribution in [3.05, 3.63) is 30.0 Å². The number of carbonyl (C=O) groups excluding carboxylic acids is 1. The summed E-state index contributed by atoms with van der Waals surface area (Å²) in [6.45, 7) is 1.03. The molecule has 0 saturated heterocycles. The minimum Gasteiger partial charge on any atom is -0.505 e. The molecule has 0 saturated carbocycles. The van der Waals surface area contributed by atoms with Gasteiger partial charge in [-0.1, -0.05) is 12.1 Å². The van der Waals surface area contributed by atoms with Crippen molar-refractivity contribution in [1.29, 1.82) is 0 Å². The summed E-state index contributed by atoms with van der Waals surface area (Å²) in [5, 5.41) is 19.5. The Kier molecular flexibility index (Phi) is 2.21. The Balaban J connectivity index is 2.91. The Morgan fingerprint density at radius 3 is 2.67 bits per heavy atom. The molecule has 15 heavy (non-hydrogen) atoms. The van der Waals surface area contributed by atoms with Gasteiger partial charge in [-0.2, -0.15) is 0 Å². The van der Waals surface area contributed by atoms with E-state index in [4.69, 9.17) is 5.11 Å². The van der Waals surface area contributed by atoms with E-state index >= 15 is 0 Å². The molecule has 0 bridgehead atoms. The molecule has 1 aromatic carbocycles. The van der Waals surface area contributed by atoms with Gasteiger partial charge in [0.2, 0.25) is 5.91 Å². The van der Waals surface area contributed by atoms with Crippen LogP contribution in [0.3, 0.4) is 0 Å². The van der Waals surface area contributed by atoms with Gasteiger partial charge in [0.1, 0.15) is 5.75 Å². The van der Waals surface area contributed by atoms with Crippen LogP contribution in [0.5, 0.6) is 5.75 Å². The summed E-state index contributed by atoms with van der Waals surface area (Å²) in [7, 11) is 0. The maximum absolute atomic E-state index is 11.4. The Morgan fingerprint density at radius 2 is 2.07 bits per heavy atom. The van der Waals surface area contributed by atoms with Gasteiger partial charge in [0.25, 0.3) is 0 Å². The van der Waals surface area contributed by atoms with Crippen LogP contribution in [0.1, 0.15) is 17.4 Å². The van der Waals surface area contributed by atoms with Crippen molar-refractivity contribution in [1.82, 2.24) is 4.57 Å². The maximum atomic E-state index is 11.4. The number of aliphatic hydroxyl groups is 1. The molecular weight excluding hydrogens is 194 g/mol. The van der Waals surface area contributed by atoms with Gasteiger partial charge in [-0.15, -0.1) is 0 Å². The summed E-state index contributed by atoms with van der Waals surface area (Å²) in [5.41, 5.74) is 0.857. The number of fused-ring (bicyclic) bond motifs is 1. The predicted octanol–water partition coefficient (Wildman–Crippen LogP) is 1.50. The highest BCUT2D eigenvalue weighted by Crippen LogP contribution is 2.31. The van der Waals surface area contributed by atoms with E-state index < -0.39 is 0 Å². The molecule has 0 aliphatic carbocycles. The first-order chi connectivity index (χ1) is 7.16. The molecule has 4 heteroatoms. The van der Waals surface area contributed by atoms with Gasteiger partial charge in [-0.25, -0.2) is 0 Å². The molecule has 2 aromatic rings. The van der Waals surface area contributed by atoms with Crippen LogP contribution < -0.4 is 0 Å². The number of aromatic nitrogens is 1. The van der Waals surface area contributed by atoms with Crippen LogP contribution in [0, 0.1) is 0 Å². The topological polar surface area (TPSA) is 62.5 Å². The van der Waals surface area contributed by atoms with E-state index in [1.165, 1.54) is 11.5 Å². The average molecular weight is 205 g/mol. The van der Waals surface area contributed by atoms with E-state index in [0.29, 0.717) is 10.9 Å². The molecular formula is C11H11NO3. The summed E-state index contributed by atoms with van der Waals surface area (Å²) in [6.07, 6.45) is 0. The predicted molar refractivity (Wildman–Crippen MR) is 55.8 cm³/mol. The average Bonchev–Trinajstić information content (AvgIpc) is 2.52. The smallest absolute Gasteiger partial charge is 0.228 e. The number of rotatable bonds is 1. The van der Waals surface area contributed by atoms with Crippen molar-refractivity contribution in [3.63, 3.8) is 0 Å². The van der Waals surface area contributed by atoms with E-state index in [0.717, 1.165) is 0 Å². The number of carbonyl (C=O) groups is 1. The Labute approximate surface area is 86.4 Å². The van der Waals surface area contributed by atoms with E-state index in [1.807, 2.05) is 0 Å². The van der Waals surface area contributed by atoms with Crippen molar-refractivity contribution in [2.75, 3.05) is 0 Å². The second-order valence-corrected chi connectivity index (χ2v) is 3.32. The van der Waals surface area contributed by atoms with Crippen molar-refractivity contribution in [2.24, 2.45) is 0 Å². The molecule has 1 aromatic heterocycles. The number of aliphatic hydroxyl groups excluding tert-OH is 1. The van der Waals surface area contributed by atoms with Gasteiger partial charge in [0.05, 0.1) is 17.8 Å². The number of benzene rings is 1. The zero-order chi connectivity index (χ0) is 11.0. The maximum Gasteiger partial charge on any atom is 0.228 e. The molecule has 0 radical (unpaired) electrons. The lowest BCUT2D eigenvalue weighted by Crippen LogP contribution is -2.09. The normalized spacial score (nSPS) is 10.8. The molecule has 0 aliphatic rings. The van der Waals surface area contributed by atoms with Crippen LogP contribution in [0.4, 0.5) is 0 Å². The molecule has 4 nitrogen and oxygen atoms in total. The highest BCUT2D eigenvalue weighted by atomic mass is 16.3. The molecule has 0 aliphatic heterocycles. The zero-order valence-corrected chi connectivity index (χ0v) is 8.27. The molecule has 0 spiro atoms. The first-order valence-electron chi connectivity index (χ1n) is 4.60. The monoisotopic (exact) mass is 205 g/mol. The molecule has 78 valence electrons. The first-order valence-corrected chi connectivity index (χ1v) is 4.60. The van der Waals surface area contributed by atoms with E-state index in [9.17, 15) is 9.90 Å². The minimum absolute atomic E-state index is 0.0247. The van der Waals surface area contributed by atoms with Crippen LogP contribution in [-0.2, 0) is 6.61 Å².